The zero-order valence-electron chi connectivity index (χ0n) is 9.90. The number of hydrogen-bond acceptors (Lipinski definition) is 2. The van der Waals surface area contributed by atoms with E-state index in [1.807, 2.05) is 25.4 Å². The minimum absolute atomic E-state index is 0.858. The highest BCUT2D eigenvalue weighted by Gasteiger charge is 2.02. The van der Waals surface area contributed by atoms with E-state index < -0.39 is 0 Å². The minimum Gasteiger partial charge on any atom is -0.497 e. The van der Waals surface area contributed by atoms with E-state index in [1.54, 1.807) is 7.11 Å². The van der Waals surface area contributed by atoms with Crippen molar-refractivity contribution in [2.24, 2.45) is 0 Å². The van der Waals surface area contributed by atoms with Crippen molar-refractivity contribution in [3.63, 3.8) is 0 Å². The molecule has 1 heterocycles. The maximum Gasteiger partial charge on any atom is 0.118 e. The van der Waals surface area contributed by atoms with Crippen LogP contribution in [0.1, 0.15) is 17.0 Å². The molecule has 2 aromatic rings. The van der Waals surface area contributed by atoms with Crippen LogP contribution in [-0.4, -0.2) is 16.7 Å². The Balaban J connectivity index is 2.17. The van der Waals surface area contributed by atoms with E-state index in [0.29, 0.717) is 0 Å². The fourth-order valence-corrected chi connectivity index (χ4v) is 1.63. The lowest BCUT2D eigenvalue weighted by atomic mass is 10.2. The van der Waals surface area contributed by atoms with E-state index in [0.717, 1.165) is 18.0 Å². The third-order valence-corrected chi connectivity index (χ3v) is 2.86. The number of imidazole rings is 1. The first-order valence-electron chi connectivity index (χ1n) is 5.32. The summed E-state index contributed by atoms with van der Waals surface area (Å²) in [5, 5.41) is 0. The van der Waals surface area contributed by atoms with Gasteiger partial charge in [0, 0.05) is 12.2 Å². The molecule has 2 rings (SSSR count). The maximum atomic E-state index is 5.13. The van der Waals surface area contributed by atoms with Crippen molar-refractivity contribution < 1.29 is 4.74 Å². The van der Waals surface area contributed by atoms with Gasteiger partial charge >= 0.3 is 0 Å². The van der Waals surface area contributed by atoms with Gasteiger partial charge in [-0.25, -0.2) is 4.98 Å². The maximum absolute atomic E-state index is 5.13. The van der Waals surface area contributed by atoms with Crippen LogP contribution in [0.2, 0.25) is 0 Å². The average Bonchev–Trinajstić information content (AvgIpc) is 2.62. The van der Waals surface area contributed by atoms with Crippen molar-refractivity contribution in [3.05, 3.63) is 47.5 Å². The first-order valence-corrected chi connectivity index (χ1v) is 5.32. The van der Waals surface area contributed by atoms with Gasteiger partial charge in [-0.2, -0.15) is 0 Å². The lowest BCUT2D eigenvalue weighted by Gasteiger charge is -2.06. The molecule has 0 aliphatic rings. The van der Waals surface area contributed by atoms with E-state index in [-0.39, 0.29) is 0 Å². The average molecular weight is 216 g/mol. The Labute approximate surface area is 95.7 Å². The predicted molar refractivity (Wildman–Crippen MR) is 63.8 cm³/mol. The second-order valence-electron chi connectivity index (χ2n) is 3.89. The van der Waals surface area contributed by atoms with Crippen molar-refractivity contribution >= 4 is 0 Å². The van der Waals surface area contributed by atoms with E-state index in [9.17, 15) is 0 Å². The van der Waals surface area contributed by atoms with Gasteiger partial charge in [0.2, 0.25) is 0 Å². The molecule has 0 saturated carbocycles. The summed E-state index contributed by atoms with van der Waals surface area (Å²) in [7, 11) is 1.68. The third kappa shape index (κ3) is 2.08. The van der Waals surface area contributed by atoms with Crippen LogP contribution in [0.15, 0.2) is 30.6 Å². The van der Waals surface area contributed by atoms with Gasteiger partial charge in [-0.05, 0) is 31.5 Å². The largest absolute Gasteiger partial charge is 0.497 e. The molecule has 0 aliphatic heterocycles. The molecule has 0 N–H and O–H groups in total. The van der Waals surface area contributed by atoms with Gasteiger partial charge in [-0.15, -0.1) is 0 Å². The molecule has 3 heteroatoms. The second-order valence-corrected chi connectivity index (χ2v) is 3.89. The highest BCUT2D eigenvalue weighted by molar-refractivity contribution is 5.27. The number of rotatable bonds is 3. The van der Waals surface area contributed by atoms with E-state index in [4.69, 9.17) is 4.74 Å². The number of methoxy groups -OCH3 is 1. The summed E-state index contributed by atoms with van der Waals surface area (Å²) in [4.78, 5) is 4.28. The topological polar surface area (TPSA) is 27.1 Å². The SMILES string of the molecule is COc1ccc(Cn2cnc(C)c2C)cc1. The number of aromatic nitrogens is 2. The first kappa shape index (κ1) is 10.7. The van der Waals surface area contributed by atoms with Crippen molar-refractivity contribution in [1.29, 1.82) is 0 Å². The van der Waals surface area contributed by atoms with Crippen LogP contribution >= 0.6 is 0 Å². The number of aryl methyl sites for hydroxylation is 1. The van der Waals surface area contributed by atoms with Gasteiger partial charge < -0.3 is 9.30 Å². The molecule has 0 spiro atoms. The smallest absolute Gasteiger partial charge is 0.118 e. The summed E-state index contributed by atoms with van der Waals surface area (Å²) in [5.74, 6) is 0.891. The van der Waals surface area contributed by atoms with Crippen LogP contribution in [0.25, 0.3) is 0 Å². The first-order chi connectivity index (χ1) is 7.70. The fraction of sp³-hybridized carbons (Fsp3) is 0.308. The molecule has 1 aromatic heterocycles. The molecule has 0 saturated heterocycles. The predicted octanol–water partition coefficient (Wildman–Crippen LogP) is 2.56. The molecule has 0 amide bonds. The lowest BCUT2D eigenvalue weighted by Crippen LogP contribution is -2.00. The number of nitrogens with zero attached hydrogens (tertiary/aromatic N) is 2. The van der Waals surface area contributed by atoms with Crippen LogP contribution in [-0.2, 0) is 6.54 Å². The number of benzene rings is 1. The molecule has 0 aliphatic carbocycles. The summed E-state index contributed by atoms with van der Waals surface area (Å²) in [6.45, 7) is 4.97. The second kappa shape index (κ2) is 4.39. The molecular formula is C13H16N2O. The molecule has 0 radical (unpaired) electrons. The summed E-state index contributed by atoms with van der Waals surface area (Å²) in [6, 6.07) is 8.12. The van der Waals surface area contributed by atoms with E-state index in [2.05, 4.69) is 28.6 Å². The fourth-order valence-electron chi connectivity index (χ4n) is 1.63. The quantitative estimate of drug-likeness (QED) is 0.788. The van der Waals surface area contributed by atoms with Gasteiger partial charge in [0.25, 0.3) is 0 Å². The summed E-state index contributed by atoms with van der Waals surface area (Å²) >= 11 is 0. The van der Waals surface area contributed by atoms with Gasteiger partial charge in [-0.1, -0.05) is 12.1 Å². The normalized spacial score (nSPS) is 10.4. The van der Waals surface area contributed by atoms with Crippen molar-refractivity contribution in [1.82, 2.24) is 9.55 Å². The van der Waals surface area contributed by atoms with Gasteiger partial charge in [0.05, 0.1) is 19.1 Å². The van der Waals surface area contributed by atoms with Crippen LogP contribution in [0.4, 0.5) is 0 Å². The lowest BCUT2D eigenvalue weighted by molar-refractivity contribution is 0.414. The Morgan fingerprint density at radius 1 is 1.19 bits per heavy atom. The van der Waals surface area contributed by atoms with Crippen molar-refractivity contribution in [2.75, 3.05) is 7.11 Å². The Kier molecular flexibility index (Phi) is 2.95. The molecule has 16 heavy (non-hydrogen) atoms. The Morgan fingerprint density at radius 3 is 2.38 bits per heavy atom. The Morgan fingerprint density at radius 2 is 1.88 bits per heavy atom. The molecule has 3 nitrogen and oxygen atoms in total. The minimum atomic E-state index is 0.858. The van der Waals surface area contributed by atoms with Crippen LogP contribution in [0, 0.1) is 13.8 Å². The van der Waals surface area contributed by atoms with Crippen LogP contribution < -0.4 is 4.74 Å². The molecule has 0 unspecified atom stereocenters. The van der Waals surface area contributed by atoms with Gasteiger partial charge in [-0.3, -0.25) is 0 Å². The monoisotopic (exact) mass is 216 g/mol. The third-order valence-electron chi connectivity index (χ3n) is 2.86. The highest BCUT2D eigenvalue weighted by atomic mass is 16.5. The number of hydrogen-bond donors (Lipinski definition) is 0. The zero-order chi connectivity index (χ0) is 11.5. The molecule has 0 atom stereocenters. The highest BCUT2D eigenvalue weighted by Crippen LogP contribution is 2.13. The zero-order valence-corrected chi connectivity index (χ0v) is 9.90. The molecule has 1 aromatic carbocycles. The van der Waals surface area contributed by atoms with Crippen molar-refractivity contribution in [3.8, 4) is 5.75 Å². The summed E-state index contributed by atoms with van der Waals surface area (Å²) < 4.78 is 7.28. The summed E-state index contributed by atoms with van der Waals surface area (Å²) in [5.41, 5.74) is 3.56. The molecule has 84 valence electrons. The molecule has 0 bridgehead atoms. The van der Waals surface area contributed by atoms with Crippen LogP contribution in [0.5, 0.6) is 5.75 Å². The van der Waals surface area contributed by atoms with E-state index >= 15 is 0 Å². The molecule has 0 fully saturated rings. The van der Waals surface area contributed by atoms with Gasteiger partial charge in [0.1, 0.15) is 5.75 Å². The van der Waals surface area contributed by atoms with Crippen molar-refractivity contribution in [2.45, 2.75) is 20.4 Å². The Hall–Kier alpha value is -1.77. The van der Waals surface area contributed by atoms with E-state index in [1.165, 1.54) is 11.3 Å². The Bertz CT molecular complexity index is 471. The molecular weight excluding hydrogens is 200 g/mol. The standard InChI is InChI=1S/C13H16N2O/c1-10-11(2)15(9-14-10)8-12-4-6-13(16-3)7-5-12/h4-7,9H,8H2,1-3H3. The summed E-state index contributed by atoms with van der Waals surface area (Å²) in [6.07, 6.45) is 1.88. The number of ether oxygens (including phenoxy) is 1. The van der Waals surface area contributed by atoms with Crippen LogP contribution in [0.3, 0.4) is 0 Å². The van der Waals surface area contributed by atoms with Gasteiger partial charge in [0.15, 0.2) is 0 Å².